The van der Waals surface area contributed by atoms with Crippen molar-refractivity contribution in [3.8, 4) is 11.1 Å². The van der Waals surface area contributed by atoms with Crippen LogP contribution in [0.2, 0.25) is 0 Å². The van der Waals surface area contributed by atoms with Crippen LogP contribution in [0.15, 0.2) is 66.0 Å². The SMILES string of the molecule is C[C@@H](O)[C@H](NC(=O)C(NC(=O)OCC1c2ccccc2-c2ccccc21)c1cccs1)C(=O)O. The number of rotatable bonds is 8. The number of aliphatic carboxylic acids is 1. The van der Waals surface area contributed by atoms with Crippen LogP contribution >= 0.6 is 11.3 Å². The van der Waals surface area contributed by atoms with E-state index < -0.39 is 36.2 Å². The number of hydrogen-bond acceptors (Lipinski definition) is 6. The molecule has 0 saturated carbocycles. The van der Waals surface area contributed by atoms with Crippen LogP contribution in [0, 0.1) is 0 Å². The van der Waals surface area contributed by atoms with E-state index in [9.17, 15) is 24.6 Å². The van der Waals surface area contributed by atoms with Crippen LogP contribution in [-0.2, 0) is 14.3 Å². The molecule has 1 unspecified atom stereocenters. The summed E-state index contributed by atoms with van der Waals surface area (Å²) in [4.78, 5) is 37.4. The number of carbonyl (C=O) groups excluding carboxylic acids is 2. The highest BCUT2D eigenvalue weighted by Gasteiger charge is 2.32. The van der Waals surface area contributed by atoms with Crippen LogP contribution in [0.3, 0.4) is 0 Å². The Morgan fingerprint density at radius 1 is 0.971 bits per heavy atom. The number of fused-ring (bicyclic) bond motifs is 3. The van der Waals surface area contributed by atoms with E-state index in [0.717, 1.165) is 22.3 Å². The second kappa shape index (κ2) is 10.1. The molecule has 2 amide bonds. The largest absolute Gasteiger partial charge is 0.480 e. The van der Waals surface area contributed by atoms with Gasteiger partial charge in [0.2, 0.25) is 5.91 Å². The van der Waals surface area contributed by atoms with Crippen molar-refractivity contribution < 1.29 is 29.3 Å². The molecule has 1 heterocycles. The Morgan fingerprint density at radius 2 is 1.59 bits per heavy atom. The number of aliphatic hydroxyl groups is 1. The third kappa shape index (κ3) is 4.80. The van der Waals surface area contributed by atoms with Gasteiger partial charge in [-0.2, -0.15) is 0 Å². The van der Waals surface area contributed by atoms with Crippen LogP contribution in [0.4, 0.5) is 4.79 Å². The maximum Gasteiger partial charge on any atom is 0.408 e. The van der Waals surface area contributed by atoms with Crippen molar-refractivity contribution >= 4 is 29.3 Å². The van der Waals surface area contributed by atoms with E-state index in [4.69, 9.17) is 4.74 Å². The Kier molecular flexibility index (Phi) is 6.95. The molecule has 2 aromatic carbocycles. The van der Waals surface area contributed by atoms with Gasteiger partial charge in [0.05, 0.1) is 6.10 Å². The molecule has 3 aromatic rings. The molecule has 34 heavy (non-hydrogen) atoms. The molecule has 3 atom stereocenters. The third-order valence-electron chi connectivity index (χ3n) is 5.74. The summed E-state index contributed by atoms with van der Waals surface area (Å²) in [7, 11) is 0. The Balaban J connectivity index is 1.47. The number of carboxylic acids is 1. The molecular weight excluding hydrogens is 456 g/mol. The zero-order valence-corrected chi connectivity index (χ0v) is 19.1. The minimum absolute atomic E-state index is 0.0735. The molecule has 0 spiro atoms. The van der Waals surface area contributed by atoms with Gasteiger partial charge in [-0.15, -0.1) is 11.3 Å². The normalized spacial score (nSPS) is 14.9. The molecule has 9 heteroatoms. The first-order chi connectivity index (χ1) is 16.4. The number of aliphatic hydroxyl groups excluding tert-OH is 1. The van der Waals surface area contributed by atoms with Crippen LogP contribution in [0.5, 0.6) is 0 Å². The summed E-state index contributed by atoms with van der Waals surface area (Å²) >= 11 is 1.23. The molecule has 4 rings (SSSR count). The molecule has 1 aliphatic rings. The van der Waals surface area contributed by atoms with Crippen molar-refractivity contribution in [2.24, 2.45) is 0 Å². The van der Waals surface area contributed by atoms with Gasteiger partial charge in [0.1, 0.15) is 12.6 Å². The highest BCUT2D eigenvalue weighted by molar-refractivity contribution is 7.10. The number of alkyl carbamates (subject to hydrolysis) is 1. The fourth-order valence-corrected chi connectivity index (χ4v) is 4.88. The minimum Gasteiger partial charge on any atom is -0.480 e. The fourth-order valence-electron chi connectivity index (χ4n) is 4.10. The summed E-state index contributed by atoms with van der Waals surface area (Å²) in [5, 5.41) is 25.5. The van der Waals surface area contributed by atoms with Gasteiger partial charge in [0.15, 0.2) is 6.04 Å². The maximum atomic E-state index is 12.8. The standard InChI is InChI=1S/C25H24N2O6S/c1-14(28)21(24(30)31)26-23(29)22(20-11-6-12-34-20)27-25(32)33-13-19-17-9-4-2-7-15(17)16-8-3-5-10-18(16)19/h2-12,14,19,21-22,28H,13H2,1H3,(H,26,29)(H,27,32)(H,30,31)/t14-,21+,22?/m1/s1. The number of ether oxygens (including phenoxy) is 1. The van der Waals surface area contributed by atoms with Crippen LogP contribution < -0.4 is 10.6 Å². The predicted molar refractivity (Wildman–Crippen MR) is 127 cm³/mol. The van der Waals surface area contributed by atoms with Gasteiger partial charge in [-0.25, -0.2) is 9.59 Å². The Hall–Kier alpha value is -3.69. The van der Waals surface area contributed by atoms with Gasteiger partial charge in [-0.05, 0) is 40.6 Å². The Morgan fingerprint density at radius 3 is 2.12 bits per heavy atom. The van der Waals surface area contributed by atoms with E-state index in [-0.39, 0.29) is 12.5 Å². The summed E-state index contributed by atoms with van der Waals surface area (Å²) in [5.74, 6) is -2.28. The lowest BCUT2D eigenvalue weighted by atomic mass is 9.98. The summed E-state index contributed by atoms with van der Waals surface area (Å²) in [6, 6.07) is 16.6. The van der Waals surface area contributed by atoms with E-state index in [1.54, 1.807) is 17.5 Å². The first kappa shape index (κ1) is 23.5. The Labute approximate surface area is 200 Å². The molecule has 4 N–H and O–H groups in total. The molecule has 0 bridgehead atoms. The van der Waals surface area contributed by atoms with E-state index >= 15 is 0 Å². The lowest BCUT2D eigenvalue weighted by Crippen LogP contribution is -2.51. The van der Waals surface area contributed by atoms with E-state index in [1.165, 1.54) is 18.3 Å². The number of benzene rings is 2. The first-order valence-electron chi connectivity index (χ1n) is 10.7. The average Bonchev–Trinajstić information content (AvgIpc) is 3.46. The molecule has 176 valence electrons. The quantitative estimate of drug-likeness (QED) is 0.392. The number of amides is 2. The highest BCUT2D eigenvalue weighted by Crippen LogP contribution is 2.44. The summed E-state index contributed by atoms with van der Waals surface area (Å²) < 4.78 is 5.53. The molecular formula is C25H24N2O6S. The highest BCUT2D eigenvalue weighted by atomic mass is 32.1. The molecule has 0 saturated heterocycles. The first-order valence-corrected chi connectivity index (χ1v) is 11.6. The van der Waals surface area contributed by atoms with Gasteiger partial charge in [-0.3, -0.25) is 4.79 Å². The lowest BCUT2D eigenvalue weighted by Gasteiger charge is -2.22. The number of thiophene rings is 1. The Bertz CT molecular complexity index is 1150. The van der Waals surface area contributed by atoms with E-state index in [2.05, 4.69) is 10.6 Å². The van der Waals surface area contributed by atoms with Gasteiger partial charge >= 0.3 is 12.1 Å². The molecule has 1 aliphatic carbocycles. The fraction of sp³-hybridized carbons (Fsp3) is 0.240. The van der Waals surface area contributed by atoms with Gasteiger partial charge < -0.3 is 25.6 Å². The maximum absolute atomic E-state index is 12.8. The van der Waals surface area contributed by atoms with Gasteiger partial charge in [0, 0.05) is 10.8 Å². The van der Waals surface area contributed by atoms with Crippen molar-refractivity contribution in [3.05, 3.63) is 82.0 Å². The van der Waals surface area contributed by atoms with Crippen molar-refractivity contribution in [1.82, 2.24) is 10.6 Å². The second-order valence-electron chi connectivity index (χ2n) is 7.98. The number of nitrogens with one attached hydrogen (secondary N) is 2. The van der Waals surface area contributed by atoms with Gasteiger partial charge in [0.25, 0.3) is 0 Å². The van der Waals surface area contributed by atoms with Crippen LogP contribution in [0.1, 0.15) is 34.9 Å². The second-order valence-corrected chi connectivity index (χ2v) is 8.96. The molecule has 0 radical (unpaired) electrons. The van der Waals surface area contributed by atoms with E-state index in [1.807, 2.05) is 48.5 Å². The molecule has 0 aliphatic heterocycles. The van der Waals surface area contributed by atoms with Gasteiger partial charge in [-0.1, -0.05) is 54.6 Å². The molecule has 8 nitrogen and oxygen atoms in total. The number of carboxylic acid groups (broad SMARTS) is 1. The zero-order valence-electron chi connectivity index (χ0n) is 18.3. The minimum atomic E-state index is -1.51. The zero-order chi connectivity index (χ0) is 24.2. The smallest absolute Gasteiger partial charge is 0.408 e. The van der Waals surface area contributed by atoms with Crippen molar-refractivity contribution in [2.45, 2.75) is 31.0 Å². The monoisotopic (exact) mass is 480 g/mol. The number of hydrogen-bond donors (Lipinski definition) is 4. The summed E-state index contributed by atoms with van der Waals surface area (Å²) in [6.07, 6.45) is -2.13. The third-order valence-corrected chi connectivity index (χ3v) is 6.68. The van der Waals surface area contributed by atoms with Crippen molar-refractivity contribution in [1.29, 1.82) is 0 Å². The molecule has 1 aromatic heterocycles. The summed E-state index contributed by atoms with van der Waals surface area (Å²) in [5.41, 5.74) is 4.32. The van der Waals surface area contributed by atoms with Crippen molar-refractivity contribution in [2.75, 3.05) is 6.61 Å². The average molecular weight is 481 g/mol. The van der Waals surface area contributed by atoms with E-state index in [0.29, 0.717) is 4.88 Å². The van der Waals surface area contributed by atoms with Crippen molar-refractivity contribution in [3.63, 3.8) is 0 Å². The summed E-state index contributed by atoms with van der Waals surface area (Å²) in [6.45, 7) is 1.34. The lowest BCUT2D eigenvalue weighted by molar-refractivity contribution is -0.145. The topological polar surface area (TPSA) is 125 Å². The molecule has 0 fully saturated rings. The van der Waals surface area contributed by atoms with Crippen LogP contribution in [-0.4, -0.2) is 46.9 Å². The number of carbonyl (C=O) groups is 3. The predicted octanol–water partition coefficient (Wildman–Crippen LogP) is 3.28. The van der Waals surface area contributed by atoms with Crippen LogP contribution in [0.25, 0.3) is 11.1 Å².